The zero-order chi connectivity index (χ0) is 12.7. The molecule has 1 aromatic carbocycles. The highest BCUT2D eigenvalue weighted by Gasteiger charge is 2.29. The van der Waals surface area contributed by atoms with Crippen LogP contribution in [0.15, 0.2) is 18.2 Å². The number of hydrogen-bond acceptors (Lipinski definition) is 3. The van der Waals surface area contributed by atoms with Crippen molar-refractivity contribution in [2.24, 2.45) is 0 Å². The molecule has 1 heterocycles. The van der Waals surface area contributed by atoms with E-state index in [1.165, 1.54) is 0 Å². The number of benzene rings is 1. The molecular weight excluding hydrogens is 273 g/mol. The summed E-state index contributed by atoms with van der Waals surface area (Å²) in [5.74, 6) is 1.33. The van der Waals surface area contributed by atoms with Crippen LogP contribution in [0.2, 0.25) is 10.0 Å². The smallest absolute Gasteiger partial charge is 0.164 e. The molecule has 3 rings (SSSR count). The van der Waals surface area contributed by atoms with Crippen LogP contribution in [0.1, 0.15) is 24.7 Å². The van der Waals surface area contributed by atoms with E-state index in [0.717, 1.165) is 24.2 Å². The minimum absolute atomic E-state index is 0.106. The number of aliphatic hydroxyl groups is 1. The number of rotatable bonds is 3. The first kappa shape index (κ1) is 12.0. The molecule has 0 spiro atoms. The molecule has 0 saturated heterocycles. The summed E-state index contributed by atoms with van der Waals surface area (Å²) < 4.78 is 1.99. The van der Waals surface area contributed by atoms with Crippen LogP contribution in [0.4, 0.5) is 0 Å². The van der Waals surface area contributed by atoms with Crippen molar-refractivity contribution >= 4 is 23.2 Å². The van der Waals surface area contributed by atoms with Crippen LogP contribution in [0.3, 0.4) is 0 Å². The van der Waals surface area contributed by atoms with Crippen LogP contribution in [-0.2, 0) is 6.61 Å². The van der Waals surface area contributed by atoms with E-state index in [1.54, 1.807) is 12.1 Å². The fraction of sp³-hybridized carbons (Fsp3) is 0.333. The van der Waals surface area contributed by atoms with Crippen molar-refractivity contribution in [1.29, 1.82) is 0 Å². The van der Waals surface area contributed by atoms with Gasteiger partial charge in [0, 0.05) is 11.6 Å². The highest BCUT2D eigenvalue weighted by Crippen LogP contribution is 2.39. The van der Waals surface area contributed by atoms with E-state index in [-0.39, 0.29) is 6.61 Å². The number of halogens is 2. The zero-order valence-electron chi connectivity index (χ0n) is 9.48. The molecule has 1 saturated carbocycles. The van der Waals surface area contributed by atoms with Gasteiger partial charge in [-0.05, 0) is 31.0 Å². The third-order valence-corrected chi connectivity index (χ3v) is 3.74. The largest absolute Gasteiger partial charge is 0.388 e. The first-order valence-electron chi connectivity index (χ1n) is 5.70. The standard InChI is InChI=1S/C12H11Cl2N3O/c13-9-4-1-7(5-10(9)14)12-16-15-11(6-18)17(12)8-2-3-8/h1,4-5,8,18H,2-3,6H2. The van der Waals surface area contributed by atoms with E-state index in [0.29, 0.717) is 21.9 Å². The minimum Gasteiger partial charge on any atom is -0.388 e. The molecule has 0 bridgehead atoms. The Morgan fingerprint density at radius 2 is 2.00 bits per heavy atom. The fourth-order valence-electron chi connectivity index (χ4n) is 1.98. The molecule has 0 amide bonds. The summed E-state index contributed by atoms with van der Waals surface area (Å²) >= 11 is 11.9. The van der Waals surface area contributed by atoms with E-state index in [9.17, 15) is 5.11 Å². The van der Waals surface area contributed by atoms with Gasteiger partial charge in [-0.3, -0.25) is 0 Å². The number of aliphatic hydroxyl groups excluding tert-OH is 1. The van der Waals surface area contributed by atoms with Crippen LogP contribution in [-0.4, -0.2) is 19.9 Å². The van der Waals surface area contributed by atoms with Crippen molar-refractivity contribution in [3.05, 3.63) is 34.1 Å². The Hall–Kier alpha value is -1.10. The predicted octanol–water partition coefficient (Wildman–Crippen LogP) is 3.08. The van der Waals surface area contributed by atoms with E-state index in [1.807, 2.05) is 10.6 Å². The average molecular weight is 284 g/mol. The maximum Gasteiger partial charge on any atom is 0.164 e. The second kappa shape index (κ2) is 4.53. The summed E-state index contributed by atoms with van der Waals surface area (Å²) in [4.78, 5) is 0. The topological polar surface area (TPSA) is 50.9 Å². The van der Waals surface area contributed by atoms with Gasteiger partial charge in [-0.15, -0.1) is 10.2 Å². The maximum absolute atomic E-state index is 9.28. The Balaban J connectivity index is 2.10. The molecule has 0 atom stereocenters. The Kier molecular flexibility index (Phi) is 3.01. The van der Waals surface area contributed by atoms with E-state index < -0.39 is 0 Å². The van der Waals surface area contributed by atoms with E-state index >= 15 is 0 Å². The van der Waals surface area contributed by atoms with Crippen LogP contribution >= 0.6 is 23.2 Å². The first-order valence-corrected chi connectivity index (χ1v) is 6.46. The summed E-state index contributed by atoms with van der Waals surface area (Å²) in [7, 11) is 0. The molecule has 0 unspecified atom stereocenters. The number of aromatic nitrogens is 3. The Bertz CT molecular complexity index is 593. The van der Waals surface area contributed by atoms with Crippen molar-refractivity contribution in [3.8, 4) is 11.4 Å². The molecule has 1 aliphatic rings. The SMILES string of the molecule is OCc1nnc(-c2ccc(Cl)c(Cl)c2)n1C1CC1. The molecule has 18 heavy (non-hydrogen) atoms. The second-order valence-corrected chi connectivity index (χ2v) is 5.14. The van der Waals surface area contributed by atoms with Crippen molar-refractivity contribution in [2.75, 3.05) is 0 Å². The highest BCUT2D eigenvalue weighted by molar-refractivity contribution is 6.42. The predicted molar refractivity (Wildman–Crippen MR) is 69.7 cm³/mol. The lowest BCUT2D eigenvalue weighted by Crippen LogP contribution is -2.03. The van der Waals surface area contributed by atoms with Crippen molar-refractivity contribution in [1.82, 2.24) is 14.8 Å². The Morgan fingerprint density at radius 1 is 1.22 bits per heavy atom. The quantitative estimate of drug-likeness (QED) is 0.942. The number of hydrogen-bond donors (Lipinski definition) is 1. The van der Waals surface area contributed by atoms with Gasteiger partial charge in [0.1, 0.15) is 6.61 Å². The van der Waals surface area contributed by atoms with Gasteiger partial charge in [0.25, 0.3) is 0 Å². The molecular formula is C12H11Cl2N3O. The summed E-state index contributed by atoms with van der Waals surface area (Å²) in [5, 5.41) is 18.4. The van der Waals surface area contributed by atoms with Gasteiger partial charge in [-0.25, -0.2) is 0 Å². The van der Waals surface area contributed by atoms with Crippen molar-refractivity contribution in [2.45, 2.75) is 25.5 Å². The lowest BCUT2D eigenvalue weighted by molar-refractivity contribution is 0.265. The van der Waals surface area contributed by atoms with Crippen LogP contribution in [0, 0.1) is 0 Å². The van der Waals surface area contributed by atoms with Gasteiger partial charge >= 0.3 is 0 Å². The number of nitrogens with zero attached hydrogens (tertiary/aromatic N) is 3. The molecule has 94 valence electrons. The summed E-state index contributed by atoms with van der Waals surface area (Å²) in [6.07, 6.45) is 2.19. The molecule has 1 N–H and O–H groups in total. The van der Waals surface area contributed by atoms with Crippen LogP contribution in [0.25, 0.3) is 11.4 Å². The lowest BCUT2D eigenvalue weighted by atomic mass is 10.2. The third-order valence-electron chi connectivity index (χ3n) is 3.00. The lowest BCUT2D eigenvalue weighted by Gasteiger charge is -2.08. The normalized spacial score (nSPS) is 15.1. The van der Waals surface area contributed by atoms with Gasteiger partial charge in [0.15, 0.2) is 11.6 Å². The highest BCUT2D eigenvalue weighted by atomic mass is 35.5. The average Bonchev–Trinajstić information content (AvgIpc) is 3.12. The minimum atomic E-state index is -0.106. The Morgan fingerprint density at radius 3 is 2.61 bits per heavy atom. The van der Waals surface area contributed by atoms with Gasteiger partial charge < -0.3 is 9.67 Å². The summed E-state index contributed by atoms with van der Waals surface area (Å²) in [6, 6.07) is 5.77. The summed E-state index contributed by atoms with van der Waals surface area (Å²) in [6.45, 7) is -0.106. The van der Waals surface area contributed by atoms with Crippen LogP contribution < -0.4 is 0 Å². The molecule has 0 aliphatic heterocycles. The van der Waals surface area contributed by atoms with Gasteiger partial charge in [-0.2, -0.15) is 0 Å². The molecule has 1 aliphatic carbocycles. The van der Waals surface area contributed by atoms with Gasteiger partial charge in [0.05, 0.1) is 10.0 Å². The van der Waals surface area contributed by atoms with Crippen LogP contribution in [0.5, 0.6) is 0 Å². The molecule has 1 aromatic heterocycles. The van der Waals surface area contributed by atoms with Gasteiger partial charge in [-0.1, -0.05) is 23.2 Å². The fourth-order valence-corrected chi connectivity index (χ4v) is 2.28. The van der Waals surface area contributed by atoms with E-state index in [4.69, 9.17) is 23.2 Å². The molecule has 2 aromatic rings. The molecule has 6 heteroatoms. The van der Waals surface area contributed by atoms with Crippen molar-refractivity contribution < 1.29 is 5.11 Å². The molecule has 1 fully saturated rings. The zero-order valence-corrected chi connectivity index (χ0v) is 11.0. The van der Waals surface area contributed by atoms with Gasteiger partial charge in [0.2, 0.25) is 0 Å². The third kappa shape index (κ3) is 2.00. The summed E-state index contributed by atoms with van der Waals surface area (Å²) in [5.41, 5.74) is 0.864. The monoisotopic (exact) mass is 283 g/mol. The maximum atomic E-state index is 9.28. The van der Waals surface area contributed by atoms with Crippen molar-refractivity contribution in [3.63, 3.8) is 0 Å². The second-order valence-electron chi connectivity index (χ2n) is 4.33. The molecule has 0 radical (unpaired) electrons. The first-order chi connectivity index (χ1) is 8.70. The Labute approximate surface area is 114 Å². The van der Waals surface area contributed by atoms with E-state index in [2.05, 4.69) is 10.2 Å². The molecule has 4 nitrogen and oxygen atoms in total.